The molecule has 0 aliphatic heterocycles. The Morgan fingerprint density at radius 3 is 2.91 bits per heavy atom. The molecule has 0 aromatic carbocycles. The van der Waals surface area contributed by atoms with E-state index in [-0.39, 0.29) is 0 Å². The van der Waals surface area contributed by atoms with Crippen molar-refractivity contribution < 1.29 is 0 Å². The van der Waals surface area contributed by atoms with Crippen LogP contribution in [0.25, 0.3) is 5.65 Å². The smallest absolute Gasteiger partial charge is 0.180 e. The predicted octanol–water partition coefficient (Wildman–Crippen LogP) is -0.106. The minimum Gasteiger partial charge on any atom is -0.394 e. The Balaban J connectivity index is 2.94. The fourth-order valence-electron chi connectivity index (χ4n) is 0.928. The third-order valence-electron chi connectivity index (χ3n) is 1.46. The number of aromatic nitrogens is 3. The lowest BCUT2D eigenvalue weighted by molar-refractivity contribution is 0.952. The minimum atomic E-state index is 0.534. The zero-order chi connectivity index (χ0) is 7.84. The first-order valence-electron chi connectivity index (χ1n) is 3.13. The molecule has 0 radical (unpaired) electrons. The lowest BCUT2D eigenvalue weighted by Gasteiger charge is -1.95. The quantitative estimate of drug-likeness (QED) is 0.547. The first-order chi connectivity index (χ1) is 5.29. The van der Waals surface area contributed by atoms with Crippen molar-refractivity contribution in [3.8, 4) is 0 Å². The number of nitrogens with zero attached hydrogens (tertiary/aromatic N) is 3. The lowest BCUT2D eigenvalue weighted by atomic mass is 10.5. The van der Waals surface area contributed by atoms with Crippen LogP contribution in [0.4, 0.5) is 11.5 Å². The molecule has 2 aromatic rings. The van der Waals surface area contributed by atoms with Crippen molar-refractivity contribution >= 4 is 17.2 Å². The molecule has 0 atom stereocenters. The third kappa shape index (κ3) is 0.706. The zero-order valence-corrected chi connectivity index (χ0v) is 5.73. The average molecular weight is 149 g/mol. The highest BCUT2D eigenvalue weighted by molar-refractivity contribution is 5.65. The van der Waals surface area contributed by atoms with Crippen molar-refractivity contribution in [2.75, 3.05) is 11.5 Å². The number of fused-ring (bicyclic) bond motifs is 1. The van der Waals surface area contributed by atoms with Gasteiger partial charge in [0, 0.05) is 6.20 Å². The van der Waals surface area contributed by atoms with Gasteiger partial charge in [0.2, 0.25) is 0 Å². The van der Waals surface area contributed by atoms with E-state index in [1.165, 1.54) is 10.7 Å². The van der Waals surface area contributed by atoms with Crippen molar-refractivity contribution in [3.63, 3.8) is 0 Å². The van der Waals surface area contributed by atoms with Crippen molar-refractivity contribution in [1.82, 2.24) is 14.6 Å². The number of nitrogens with two attached hydrogens (primary N) is 2. The van der Waals surface area contributed by atoms with Gasteiger partial charge in [-0.1, -0.05) is 0 Å². The molecule has 56 valence electrons. The second-order valence-corrected chi connectivity index (χ2v) is 2.21. The predicted molar refractivity (Wildman–Crippen MR) is 41.8 cm³/mol. The first kappa shape index (κ1) is 5.96. The molecule has 0 amide bonds. The molecule has 0 aliphatic carbocycles. The molecule has 2 rings (SSSR count). The van der Waals surface area contributed by atoms with Crippen molar-refractivity contribution in [2.24, 2.45) is 0 Å². The molecule has 11 heavy (non-hydrogen) atoms. The van der Waals surface area contributed by atoms with Crippen molar-refractivity contribution in [2.45, 2.75) is 0 Å². The van der Waals surface area contributed by atoms with Crippen LogP contribution in [0.1, 0.15) is 0 Å². The van der Waals surface area contributed by atoms with Gasteiger partial charge in [-0.2, -0.15) is 9.61 Å². The maximum Gasteiger partial charge on any atom is 0.180 e. The molecule has 0 saturated heterocycles. The maximum absolute atomic E-state index is 5.57. The van der Waals surface area contributed by atoms with Crippen LogP contribution in [0.5, 0.6) is 0 Å². The molecule has 0 saturated carbocycles. The fraction of sp³-hybridized carbons (Fsp3) is 0. The molecule has 5 nitrogen and oxygen atoms in total. The first-order valence-corrected chi connectivity index (χ1v) is 3.13. The fourth-order valence-corrected chi connectivity index (χ4v) is 0.928. The van der Waals surface area contributed by atoms with E-state index in [0.29, 0.717) is 17.2 Å². The Bertz CT molecular complexity index is 391. The van der Waals surface area contributed by atoms with Gasteiger partial charge < -0.3 is 11.5 Å². The summed E-state index contributed by atoms with van der Waals surface area (Å²) in [7, 11) is 0. The van der Waals surface area contributed by atoms with E-state index in [0.717, 1.165) is 0 Å². The molecule has 0 spiro atoms. The lowest BCUT2D eigenvalue weighted by Crippen LogP contribution is -1.99. The summed E-state index contributed by atoms with van der Waals surface area (Å²) >= 11 is 0. The van der Waals surface area contributed by atoms with Crippen LogP contribution in [0.3, 0.4) is 0 Å². The summed E-state index contributed by atoms with van der Waals surface area (Å²) in [4.78, 5) is 4.00. The zero-order valence-electron chi connectivity index (χ0n) is 5.73. The Hall–Kier alpha value is -1.78. The highest BCUT2D eigenvalue weighted by Gasteiger charge is 2.01. The van der Waals surface area contributed by atoms with E-state index in [1.807, 2.05) is 0 Å². The number of nitrogen functional groups attached to an aromatic ring is 2. The normalized spacial score (nSPS) is 10.5. The highest BCUT2D eigenvalue weighted by Crippen LogP contribution is 2.11. The minimum absolute atomic E-state index is 0.534. The van der Waals surface area contributed by atoms with Crippen LogP contribution in [-0.2, 0) is 0 Å². The molecule has 0 unspecified atom stereocenters. The molecule has 2 heterocycles. The summed E-state index contributed by atoms with van der Waals surface area (Å²) < 4.78 is 1.50. The highest BCUT2D eigenvalue weighted by atomic mass is 15.3. The molecule has 5 heteroatoms. The van der Waals surface area contributed by atoms with Gasteiger partial charge in [0.15, 0.2) is 5.65 Å². The van der Waals surface area contributed by atoms with Gasteiger partial charge in [0.1, 0.15) is 5.82 Å². The summed E-state index contributed by atoms with van der Waals surface area (Å²) in [5.41, 5.74) is 12.3. The summed E-state index contributed by atoms with van der Waals surface area (Å²) in [5.74, 6) is 0.534. The van der Waals surface area contributed by atoms with Gasteiger partial charge in [-0.3, -0.25) is 0 Å². The third-order valence-corrected chi connectivity index (χ3v) is 1.46. The number of hydrogen-bond acceptors (Lipinski definition) is 4. The number of anilines is 2. The van der Waals surface area contributed by atoms with Crippen LogP contribution in [0, 0.1) is 0 Å². The van der Waals surface area contributed by atoms with Crippen LogP contribution in [-0.4, -0.2) is 14.6 Å². The molecular formula is C6H7N5. The summed E-state index contributed by atoms with van der Waals surface area (Å²) in [6.45, 7) is 0. The largest absolute Gasteiger partial charge is 0.394 e. The Morgan fingerprint density at radius 1 is 1.36 bits per heavy atom. The standard InChI is InChI=1S/C6H7N5/c7-4-3-10-11-5(8)1-2-9-6(4)11/h1-3H,7-8H2. The van der Waals surface area contributed by atoms with Crippen molar-refractivity contribution in [3.05, 3.63) is 18.5 Å². The molecule has 4 N–H and O–H groups in total. The van der Waals surface area contributed by atoms with E-state index in [4.69, 9.17) is 11.5 Å². The Morgan fingerprint density at radius 2 is 2.18 bits per heavy atom. The summed E-state index contributed by atoms with van der Waals surface area (Å²) in [6, 6.07) is 1.67. The monoisotopic (exact) mass is 149 g/mol. The van der Waals surface area contributed by atoms with Crippen LogP contribution >= 0.6 is 0 Å². The van der Waals surface area contributed by atoms with E-state index < -0.39 is 0 Å². The van der Waals surface area contributed by atoms with Crippen LogP contribution < -0.4 is 11.5 Å². The molecule has 0 bridgehead atoms. The Labute approximate surface area is 62.6 Å². The van der Waals surface area contributed by atoms with E-state index in [9.17, 15) is 0 Å². The van der Waals surface area contributed by atoms with E-state index >= 15 is 0 Å². The second-order valence-electron chi connectivity index (χ2n) is 2.21. The van der Waals surface area contributed by atoms with E-state index in [2.05, 4.69) is 10.1 Å². The van der Waals surface area contributed by atoms with Gasteiger partial charge >= 0.3 is 0 Å². The van der Waals surface area contributed by atoms with E-state index in [1.54, 1.807) is 12.3 Å². The topological polar surface area (TPSA) is 82.2 Å². The molecule has 0 aliphatic rings. The van der Waals surface area contributed by atoms with Crippen LogP contribution in [0.2, 0.25) is 0 Å². The van der Waals surface area contributed by atoms with Gasteiger partial charge in [-0.15, -0.1) is 0 Å². The summed E-state index contributed by atoms with van der Waals surface area (Å²) in [5, 5.41) is 3.92. The number of hydrogen-bond donors (Lipinski definition) is 2. The van der Waals surface area contributed by atoms with Gasteiger partial charge in [-0.05, 0) is 6.07 Å². The average Bonchev–Trinajstić information content (AvgIpc) is 2.35. The van der Waals surface area contributed by atoms with Gasteiger partial charge in [-0.25, -0.2) is 4.98 Å². The Kier molecular flexibility index (Phi) is 1.00. The summed E-state index contributed by atoms with van der Waals surface area (Å²) in [6.07, 6.45) is 3.13. The second kappa shape index (κ2) is 1.85. The van der Waals surface area contributed by atoms with Crippen molar-refractivity contribution in [1.29, 1.82) is 0 Å². The molecule has 2 aromatic heterocycles. The maximum atomic E-state index is 5.57. The SMILES string of the molecule is Nc1cnn2c(N)ccnc12. The van der Waals surface area contributed by atoms with Gasteiger partial charge in [0.05, 0.1) is 11.9 Å². The van der Waals surface area contributed by atoms with Gasteiger partial charge in [0.25, 0.3) is 0 Å². The molecular weight excluding hydrogens is 142 g/mol. The van der Waals surface area contributed by atoms with Crippen LogP contribution in [0.15, 0.2) is 18.5 Å². The number of rotatable bonds is 0. The molecule has 0 fully saturated rings.